The van der Waals surface area contributed by atoms with Crippen molar-refractivity contribution in [3.8, 4) is 0 Å². The molecule has 1 N–H and O–H groups in total. The number of aromatic amines is 1. The van der Waals surface area contributed by atoms with E-state index in [0.717, 1.165) is 46.7 Å². The van der Waals surface area contributed by atoms with Gasteiger partial charge >= 0.3 is 0 Å². The number of benzene rings is 1. The minimum absolute atomic E-state index is 0.00163. The average Bonchev–Trinajstić information content (AvgIpc) is 2.81. The predicted molar refractivity (Wildman–Crippen MR) is 155 cm³/mol. The lowest BCUT2D eigenvalue weighted by Crippen LogP contribution is -2.20. The van der Waals surface area contributed by atoms with Gasteiger partial charge in [0, 0.05) is 15.6 Å². The molecule has 188 valence electrons. The summed E-state index contributed by atoms with van der Waals surface area (Å²) in [5, 5.41) is 1.07. The van der Waals surface area contributed by atoms with Crippen LogP contribution in [0.25, 0.3) is 10.9 Å². The van der Waals surface area contributed by atoms with Crippen molar-refractivity contribution in [3.05, 3.63) is 80.1 Å². The van der Waals surface area contributed by atoms with Crippen LogP contribution in [0.1, 0.15) is 77.8 Å². The Labute approximate surface area is 216 Å². The van der Waals surface area contributed by atoms with Gasteiger partial charge in [-0.25, -0.2) is 0 Å². The number of halogens is 1. The van der Waals surface area contributed by atoms with Crippen molar-refractivity contribution >= 4 is 26.8 Å². The Morgan fingerprint density at radius 3 is 2.47 bits per heavy atom. The number of pyridine rings is 1. The van der Waals surface area contributed by atoms with E-state index in [0.29, 0.717) is 18.3 Å². The highest BCUT2D eigenvalue weighted by molar-refractivity contribution is 9.10. The molecule has 1 heterocycles. The fourth-order valence-corrected chi connectivity index (χ4v) is 4.84. The average molecular weight is 530 g/mol. The van der Waals surface area contributed by atoms with Crippen molar-refractivity contribution in [1.29, 1.82) is 0 Å². The minimum atomic E-state index is 0.00163. The first-order valence-corrected chi connectivity index (χ1v) is 13.5. The number of allylic oxidation sites excluding steroid dienone is 6. The van der Waals surface area contributed by atoms with Crippen LogP contribution in [0, 0.1) is 5.92 Å². The van der Waals surface area contributed by atoms with E-state index in [1.54, 1.807) is 0 Å². The van der Waals surface area contributed by atoms with E-state index >= 15 is 0 Å². The van der Waals surface area contributed by atoms with E-state index in [1.165, 1.54) is 11.1 Å². The standard InChI is InChI=1S/C28H39BrN2O.C2H6/c1-7-10-12-20(4)16-23-17-22-18-26(29)25(19-27(22)30-28(23)32)24(14-15-31(5)6)21(9-3)13-11-8-2;1-2/h7,10-13,17-19,21,24H,8-9,14-16H2,1-6H3,(H,30,32);1-2H3/b10-7-,13-11-,20-12+;. The third kappa shape index (κ3) is 9.03. The molecule has 0 bridgehead atoms. The molecule has 0 spiro atoms. The molecule has 0 amide bonds. The Morgan fingerprint density at radius 2 is 1.88 bits per heavy atom. The second-order valence-electron chi connectivity index (χ2n) is 8.91. The third-order valence-electron chi connectivity index (χ3n) is 5.97. The van der Waals surface area contributed by atoms with Crippen molar-refractivity contribution in [1.82, 2.24) is 9.88 Å². The van der Waals surface area contributed by atoms with Crippen LogP contribution in [-0.2, 0) is 6.42 Å². The van der Waals surface area contributed by atoms with Gasteiger partial charge in [0.25, 0.3) is 5.56 Å². The maximum Gasteiger partial charge on any atom is 0.251 e. The van der Waals surface area contributed by atoms with E-state index in [4.69, 9.17) is 0 Å². The van der Waals surface area contributed by atoms with Gasteiger partial charge in [0.2, 0.25) is 0 Å². The molecule has 2 rings (SSSR count). The molecule has 0 saturated heterocycles. The molecule has 2 unspecified atom stereocenters. The Balaban J connectivity index is 0.00000281. The summed E-state index contributed by atoms with van der Waals surface area (Å²) in [5.74, 6) is 0.854. The van der Waals surface area contributed by atoms with Crippen molar-refractivity contribution in [2.45, 2.75) is 73.1 Å². The molecule has 0 aliphatic carbocycles. The van der Waals surface area contributed by atoms with Crippen molar-refractivity contribution < 1.29 is 0 Å². The molecule has 0 saturated carbocycles. The summed E-state index contributed by atoms with van der Waals surface area (Å²) in [5.41, 5.74) is 4.16. The summed E-state index contributed by atoms with van der Waals surface area (Å²) in [6.45, 7) is 13.5. The summed E-state index contributed by atoms with van der Waals surface area (Å²) < 4.78 is 1.12. The van der Waals surface area contributed by atoms with E-state index < -0.39 is 0 Å². The second-order valence-corrected chi connectivity index (χ2v) is 9.76. The van der Waals surface area contributed by atoms with Gasteiger partial charge in [0.1, 0.15) is 0 Å². The number of aromatic nitrogens is 1. The van der Waals surface area contributed by atoms with Crippen LogP contribution in [0.15, 0.2) is 63.4 Å². The lowest BCUT2D eigenvalue weighted by Gasteiger charge is -2.27. The number of hydrogen-bond donors (Lipinski definition) is 1. The van der Waals surface area contributed by atoms with Gasteiger partial charge < -0.3 is 9.88 Å². The van der Waals surface area contributed by atoms with Crippen LogP contribution in [0.3, 0.4) is 0 Å². The van der Waals surface area contributed by atoms with Crippen LogP contribution in [0.2, 0.25) is 0 Å². The number of nitrogens with zero attached hydrogens (tertiary/aromatic N) is 1. The van der Waals surface area contributed by atoms with Crippen LogP contribution >= 0.6 is 15.9 Å². The van der Waals surface area contributed by atoms with Crippen LogP contribution in [0.4, 0.5) is 0 Å². The first kappa shape index (κ1) is 30.1. The summed E-state index contributed by atoms with van der Waals surface area (Å²) in [7, 11) is 4.25. The van der Waals surface area contributed by atoms with Gasteiger partial charge in [-0.3, -0.25) is 4.79 Å². The monoisotopic (exact) mass is 528 g/mol. The number of fused-ring (bicyclic) bond motifs is 1. The molecule has 1 aromatic heterocycles. The fourth-order valence-electron chi connectivity index (χ4n) is 4.19. The van der Waals surface area contributed by atoms with Gasteiger partial charge in [-0.2, -0.15) is 0 Å². The molecule has 2 atom stereocenters. The molecular formula is C30H45BrN2O. The van der Waals surface area contributed by atoms with Gasteiger partial charge in [-0.05, 0) is 101 Å². The lowest BCUT2D eigenvalue weighted by atomic mass is 9.81. The molecule has 2 aromatic rings. The lowest BCUT2D eigenvalue weighted by molar-refractivity contribution is 0.352. The summed E-state index contributed by atoms with van der Waals surface area (Å²) in [4.78, 5) is 18.2. The Morgan fingerprint density at radius 1 is 1.18 bits per heavy atom. The smallest absolute Gasteiger partial charge is 0.251 e. The minimum Gasteiger partial charge on any atom is -0.322 e. The Hall–Kier alpha value is -1.91. The summed E-state index contributed by atoms with van der Waals surface area (Å²) >= 11 is 3.87. The van der Waals surface area contributed by atoms with Crippen molar-refractivity contribution in [3.63, 3.8) is 0 Å². The van der Waals surface area contributed by atoms with Crippen LogP contribution in [-0.4, -0.2) is 30.5 Å². The number of nitrogens with one attached hydrogen (secondary N) is 1. The van der Waals surface area contributed by atoms with Gasteiger partial charge in [0.05, 0.1) is 0 Å². The normalized spacial score (nSPS) is 14.1. The Kier molecular flexibility index (Phi) is 14.1. The maximum absolute atomic E-state index is 12.8. The van der Waals surface area contributed by atoms with E-state index in [-0.39, 0.29) is 5.56 Å². The van der Waals surface area contributed by atoms with Gasteiger partial charge in [0.15, 0.2) is 0 Å². The molecule has 1 aromatic carbocycles. The number of H-pyrrole nitrogens is 1. The van der Waals surface area contributed by atoms with Crippen molar-refractivity contribution in [2.75, 3.05) is 20.6 Å². The molecule has 0 aliphatic heterocycles. The number of rotatable bonds is 11. The first-order valence-electron chi connectivity index (χ1n) is 12.8. The molecule has 0 radical (unpaired) electrons. The van der Waals surface area contributed by atoms with Crippen molar-refractivity contribution in [2.24, 2.45) is 5.92 Å². The topological polar surface area (TPSA) is 36.1 Å². The predicted octanol–water partition coefficient (Wildman–Crippen LogP) is 8.41. The highest BCUT2D eigenvalue weighted by Gasteiger charge is 2.23. The zero-order chi connectivity index (χ0) is 25.7. The fraction of sp³-hybridized carbons (Fsp3) is 0.500. The molecule has 34 heavy (non-hydrogen) atoms. The van der Waals surface area contributed by atoms with E-state index in [1.807, 2.05) is 39.0 Å². The molecule has 0 fully saturated rings. The number of hydrogen-bond acceptors (Lipinski definition) is 2. The highest BCUT2D eigenvalue weighted by atomic mass is 79.9. The van der Waals surface area contributed by atoms with Gasteiger partial charge in [-0.1, -0.05) is 79.6 Å². The maximum atomic E-state index is 12.8. The molecule has 4 heteroatoms. The zero-order valence-corrected chi connectivity index (χ0v) is 24.1. The highest BCUT2D eigenvalue weighted by Crippen LogP contribution is 2.38. The quantitative estimate of drug-likeness (QED) is 0.234. The SMILES string of the molecule is C/C=C\C=C(/C)Cc1cc2cc(Br)c(C(CCN(C)C)C(/C=C\CC)CC)cc2[nH]c1=O.CC. The third-order valence-corrected chi connectivity index (χ3v) is 6.66. The molecular weight excluding hydrogens is 484 g/mol. The molecule has 3 nitrogen and oxygen atoms in total. The summed E-state index contributed by atoms with van der Waals surface area (Å²) in [6.07, 6.45) is 14.6. The summed E-state index contributed by atoms with van der Waals surface area (Å²) in [6, 6.07) is 6.41. The zero-order valence-electron chi connectivity index (χ0n) is 22.5. The first-order chi connectivity index (χ1) is 16.3. The van der Waals surface area contributed by atoms with E-state index in [2.05, 4.69) is 91.0 Å². The van der Waals surface area contributed by atoms with E-state index in [9.17, 15) is 4.79 Å². The molecule has 0 aliphatic rings. The van der Waals surface area contributed by atoms with Crippen LogP contribution in [0.5, 0.6) is 0 Å². The Bertz CT molecular complexity index is 1030. The van der Waals surface area contributed by atoms with Crippen LogP contribution < -0.4 is 5.56 Å². The van der Waals surface area contributed by atoms with Gasteiger partial charge in [-0.15, -0.1) is 0 Å². The largest absolute Gasteiger partial charge is 0.322 e. The second kappa shape index (κ2) is 15.9.